The van der Waals surface area contributed by atoms with Gasteiger partial charge in [0.2, 0.25) is 0 Å². The van der Waals surface area contributed by atoms with Crippen molar-refractivity contribution in [2.24, 2.45) is 0 Å². The van der Waals surface area contributed by atoms with Crippen molar-refractivity contribution in [1.82, 2.24) is 4.90 Å². The zero-order chi connectivity index (χ0) is 18.4. The summed E-state index contributed by atoms with van der Waals surface area (Å²) in [4.78, 5) is 25.7. The standard InChI is InChI=1S/C18H18Cl2N2O3/c1-2-25-18(24)17(23)22(10-12-3-5-16(21)6-4-12)11-13-7-14(19)9-15(20)8-13/h3-9H,2,10-11,21H2,1H3. The number of ether oxygens (including phenoxy) is 1. The summed E-state index contributed by atoms with van der Waals surface area (Å²) >= 11 is 12.0. The van der Waals surface area contributed by atoms with E-state index in [1.54, 1.807) is 49.4 Å². The molecule has 1 amide bonds. The fraction of sp³-hybridized carbons (Fsp3) is 0.222. The fourth-order valence-corrected chi connectivity index (χ4v) is 2.86. The number of nitrogens with zero attached hydrogens (tertiary/aromatic N) is 1. The maximum atomic E-state index is 12.4. The lowest BCUT2D eigenvalue weighted by molar-refractivity contribution is -0.160. The maximum absolute atomic E-state index is 12.4. The Balaban J connectivity index is 2.25. The molecular formula is C18H18Cl2N2O3. The smallest absolute Gasteiger partial charge is 0.397 e. The Kier molecular flexibility index (Phi) is 6.67. The lowest BCUT2D eigenvalue weighted by Crippen LogP contribution is -2.36. The number of carbonyl (C=O) groups is 2. The predicted octanol–water partition coefficient (Wildman–Crippen LogP) is 3.67. The van der Waals surface area contributed by atoms with Gasteiger partial charge in [0, 0.05) is 28.8 Å². The summed E-state index contributed by atoms with van der Waals surface area (Å²) in [7, 11) is 0. The van der Waals surface area contributed by atoms with Crippen molar-refractivity contribution in [3.05, 3.63) is 63.6 Å². The SMILES string of the molecule is CCOC(=O)C(=O)N(Cc1ccc(N)cc1)Cc1cc(Cl)cc(Cl)c1. The molecule has 0 saturated heterocycles. The molecule has 2 rings (SSSR count). The second-order valence-electron chi connectivity index (χ2n) is 5.40. The van der Waals surface area contributed by atoms with Crippen LogP contribution in [0.25, 0.3) is 0 Å². The minimum atomic E-state index is -0.897. The highest BCUT2D eigenvalue weighted by atomic mass is 35.5. The van der Waals surface area contributed by atoms with Gasteiger partial charge in [-0.05, 0) is 48.4 Å². The molecule has 0 aliphatic heterocycles. The lowest BCUT2D eigenvalue weighted by atomic mass is 10.1. The summed E-state index contributed by atoms with van der Waals surface area (Å²) in [5.41, 5.74) is 7.84. The summed E-state index contributed by atoms with van der Waals surface area (Å²) in [6, 6.07) is 12.1. The van der Waals surface area contributed by atoms with Crippen molar-refractivity contribution in [3.8, 4) is 0 Å². The molecule has 2 aromatic rings. The van der Waals surface area contributed by atoms with Gasteiger partial charge >= 0.3 is 11.9 Å². The van der Waals surface area contributed by atoms with E-state index in [9.17, 15) is 9.59 Å². The summed E-state index contributed by atoms with van der Waals surface area (Å²) in [6.07, 6.45) is 0. The minimum Gasteiger partial charge on any atom is -0.459 e. The van der Waals surface area contributed by atoms with Crippen LogP contribution in [0.15, 0.2) is 42.5 Å². The minimum absolute atomic E-state index is 0.128. The molecule has 0 atom stereocenters. The number of nitrogens with two attached hydrogens (primary N) is 1. The molecule has 5 nitrogen and oxygen atoms in total. The van der Waals surface area contributed by atoms with Crippen LogP contribution in [0.5, 0.6) is 0 Å². The molecule has 0 heterocycles. The molecule has 0 bridgehead atoms. The molecule has 25 heavy (non-hydrogen) atoms. The van der Waals surface area contributed by atoms with Gasteiger partial charge in [0.05, 0.1) is 6.61 Å². The van der Waals surface area contributed by atoms with E-state index in [1.807, 2.05) is 0 Å². The van der Waals surface area contributed by atoms with Gasteiger partial charge in [-0.1, -0.05) is 35.3 Å². The highest BCUT2D eigenvalue weighted by molar-refractivity contribution is 6.34. The summed E-state index contributed by atoms with van der Waals surface area (Å²) < 4.78 is 4.82. The van der Waals surface area contributed by atoms with Crippen molar-refractivity contribution in [2.75, 3.05) is 12.3 Å². The Morgan fingerprint density at radius 2 is 1.56 bits per heavy atom. The summed E-state index contributed by atoms with van der Waals surface area (Å²) in [6.45, 7) is 2.17. The van der Waals surface area contributed by atoms with Gasteiger partial charge in [-0.25, -0.2) is 4.79 Å². The van der Waals surface area contributed by atoms with Crippen LogP contribution in [-0.4, -0.2) is 23.4 Å². The van der Waals surface area contributed by atoms with Crippen molar-refractivity contribution in [3.63, 3.8) is 0 Å². The third kappa shape index (κ3) is 5.66. The summed E-state index contributed by atoms with van der Waals surface area (Å²) in [5.74, 6) is -1.62. The molecular weight excluding hydrogens is 363 g/mol. The quantitative estimate of drug-likeness (QED) is 0.487. The first-order chi connectivity index (χ1) is 11.9. The highest BCUT2D eigenvalue weighted by Gasteiger charge is 2.23. The molecule has 2 aromatic carbocycles. The normalized spacial score (nSPS) is 10.4. The monoisotopic (exact) mass is 380 g/mol. The van der Waals surface area contributed by atoms with Crippen LogP contribution in [0.4, 0.5) is 5.69 Å². The van der Waals surface area contributed by atoms with Gasteiger partial charge in [-0.15, -0.1) is 0 Å². The van der Waals surface area contributed by atoms with E-state index in [0.717, 1.165) is 5.56 Å². The van der Waals surface area contributed by atoms with Gasteiger partial charge in [-0.3, -0.25) is 4.79 Å². The molecule has 0 aromatic heterocycles. The van der Waals surface area contributed by atoms with Gasteiger partial charge in [-0.2, -0.15) is 0 Å². The Hall–Kier alpha value is -2.24. The molecule has 0 radical (unpaired) electrons. The zero-order valence-electron chi connectivity index (χ0n) is 13.7. The first kappa shape index (κ1) is 19.1. The number of hydrogen-bond acceptors (Lipinski definition) is 4. The van der Waals surface area contributed by atoms with E-state index in [4.69, 9.17) is 33.7 Å². The molecule has 0 aliphatic rings. The second kappa shape index (κ2) is 8.74. The van der Waals surface area contributed by atoms with Gasteiger partial charge in [0.25, 0.3) is 0 Å². The number of rotatable bonds is 5. The highest BCUT2D eigenvalue weighted by Crippen LogP contribution is 2.21. The van der Waals surface area contributed by atoms with E-state index in [-0.39, 0.29) is 19.7 Å². The van der Waals surface area contributed by atoms with E-state index in [1.165, 1.54) is 4.90 Å². The molecule has 0 saturated carbocycles. The van der Waals surface area contributed by atoms with E-state index >= 15 is 0 Å². The van der Waals surface area contributed by atoms with Crippen LogP contribution in [0, 0.1) is 0 Å². The topological polar surface area (TPSA) is 72.6 Å². The lowest BCUT2D eigenvalue weighted by Gasteiger charge is -2.22. The first-order valence-corrected chi connectivity index (χ1v) is 8.40. The molecule has 0 fully saturated rings. The van der Waals surface area contributed by atoms with Crippen LogP contribution in [-0.2, 0) is 27.4 Å². The molecule has 0 spiro atoms. The molecule has 7 heteroatoms. The Morgan fingerprint density at radius 3 is 2.12 bits per heavy atom. The molecule has 132 valence electrons. The van der Waals surface area contributed by atoms with Crippen LogP contribution in [0.2, 0.25) is 10.0 Å². The number of nitrogen functional groups attached to an aromatic ring is 1. The van der Waals surface area contributed by atoms with Gasteiger partial charge in [0.15, 0.2) is 0 Å². The van der Waals surface area contributed by atoms with Crippen molar-refractivity contribution < 1.29 is 14.3 Å². The van der Waals surface area contributed by atoms with Crippen LogP contribution < -0.4 is 5.73 Å². The number of halogens is 2. The van der Waals surface area contributed by atoms with Gasteiger partial charge in [0.1, 0.15) is 0 Å². The van der Waals surface area contributed by atoms with Gasteiger partial charge < -0.3 is 15.4 Å². The zero-order valence-corrected chi connectivity index (χ0v) is 15.2. The number of benzene rings is 2. The molecule has 2 N–H and O–H groups in total. The number of amides is 1. The average molecular weight is 381 g/mol. The largest absolute Gasteiger partial charge is 0.459 e. The Morgan fingerprint density at radius 1 is 1.00 bits per heavy atom. The van der Waals surface area contributed by atoms with E-state index in [0.29, 0.717) is 21.3 Å². The van der Waals surface area contributed by atoms with Crippen LogP contribution in [0.3, 0.4) is 0 Å². The second-order valence-corrected chi connectivity index (χ2v) is 6.27. The summed E-state index contributed by atoms with van der Waals surface area (Å²) in [5, 5.41) is 0.914. The number of carbonyl (C=O) groups excluding carboxylic acids is 2. The van der Waals surface area contributed by atoms with Crippen LogP contribution >= 0.6 is 23.2 Å². The van der Waals surface area contributed by atoms with Crippen molar-refractivity contribution >= 4 is 40.8 Å². The Bertz CT molecular complexity index is 743. The van der Waals surface area contributed by atoms with E-state index < -0.39 is 11.9 Å². The fourth-order valence-electron chi connectivity index (χ4n) is 2.29. The number of anilines is 1. The van der Waals surface area contributed by atoms with Crippen molar-refractivity contribution in [2.45, 2.75) is 20.0 Å². The van der Waals surface area contributed by atoms with Crippen molar-refractivity contribution in [1.29, 1.82) is 0 Å². The maximum Gasteiger partial charge on any atom is 0.397 e. The number of esters is 1. The molecule has 0 aliphatic carbocycles. The average Bonchev–Trinajstić information content (AvgIpc) is 2.55. The first-order valence-electron chi connectivity index (χ1n) is 7.64. The third-order valence-electron chi connectivity index (χ3n) is 3.39. The van der Waals surface area contributed by atoms with E-state index in [2.05, 4.69) is 0 Å². The third-order valence-corrected chi connectivity index (χ3v) is 3.82. The Labute approximate surface area is 156 Å². The number of hydrogen-bond donors (Lipinski definition) is 1. The van der Waals surface area contributed by atoms with Crippen LogP contribution in [0.1, 0.15) is 18.1 Å². The predicted molar refractivity (Wildman–Crippen MR) is 98.2 cm³/mol. The molecule has 0 unspecified atom stereocenters.